The van der Waals surface area contributed by atoms with E-state index in [1.807, 2.05) is 12.3 Å². The van der Waals surface area contributed by atoms with Crippen molar-refractivity contribution in [3.63, 3.8) is 0 Å². The van der Waals surface area contributed by atoms with Crippen LogP contribution in [0.5, 0.6) is 11.6 Å². The SMILES string of the molecule is Cc1csc2c(Oc3ccc(F)c(Br)c3)ncnc12. The van der Waals surface area contributed by atoms with Crippen LogP contribution in [0, 0.1) is 12.7 Å². The van der Waals surface area contributed by atoms with Gasteiger partial charge in [0.25, 0.3) is 0 Å². The van der Waals surface area contributed by atoms with E-state index < -0.39 is 0 Å². The summed E-state index contributed by atoms with van der Waals surface area (Å²) in [5.41, 5.74) is 1.98. The predicted molar refractivity (Wildman–Crippen MR) is 76.3 cm³/mol. The maximum atomic E-state index is 13.2. The Hall–Kier alpha value is -1.53. The van der Waals surface area contributed by atoms with E-state index in [9.17, 15) is 4.39 Å². The second-order valence-electron chi connectivity index (χ2n) is 3.95. The number of halogens is 2. The predicted octanol–water partition coefficient (Wildman–Crippen LogP) is 4.69. The highest BCUT2D eigenvalue weighted by Gasteiger charge is 2.10. The van der Waals surface area contributed by atoms with Gasteiger partial charge in [0.2, 0.25) is 5.88 Å². The van der Waals surface area contributed by atoms with Crippen LogP contribution in [0.3, 0.4) is 0 Å². The third-order valence-electron chi connectivity index (χ3n) is 2.60. The Kier molecular flexibility index (Phi) is 3.20. The fraction of sp³-hybridized carbons (Fsp3) is 0.0769. The highest BCUT2D eigenvalue weighted by Crippen LogP contribution is 2.33. The molecule has 19 heavy (non-hydrogen) atoms. The van der Waals surface area contributed by atoms with Crippen LogP contribution in [-0.4, -0.2) is 9.97 Å². The molecule has 0 atom stereocenters. The van der Waals surface area contributed by atoms with Crippen molar-refractivity contribution in [2.24, 2.45) is 0 Å². The van der Waals surface area contributed by atoms with E-state index in [1.165, 1.54) is 23.7 Å². The fourth-order valence-electron chi connectivity index (χ4n) is 1.67. The highest BCUT2D eigenvalue weighted by atomic mass is 79.9. The Morgan fingerprint density at radius 3 is 2.95 bits per heavy atom. The average molecular weight is 339 g/mol. The van der Waals surface area contributed by atoms with E-state index in [-0.39, 0.29) is 5.82 Å². The van der Waals surface area contributed by atoms with Gasteiger partial charge in [0.1, 0.15) is 22.6 Å². The van der Waals surface area contributed by atoms with E-state index in [0.717, 1.165) is 15.8 Å². The number of nitrogens with zero attached hydrogens (tertiary/aromatic N) is 2. The van der Waals surface area contributed by atoms with Gasteiger partial charge in [-0.15, -0.1) is 11.3 Å². The second kappa shape index (κ2) is 4.86. The molecule has 0 aliphatic rings. The van der Waals surface area contributed by atoms with Gasteiger partial charge in [-0.3, -0.25) is 0 Å². The van der Waals surface area contributed by atoms with Crippen molar-refractivity contribution in [1.29, 1.82) is 0 Å². The van der Waals surface area contributed by atoms with Crippen LogP contribution in [0.15, 0.2) is 34.4 Å². The number of benzene rings is 1. The van der Waals surface area contributed by atoms with Gasteiger partial charge in [-0.1, -0.05) is 0 Å². The Balaban J connectivity index is 2.03. The molecule has 0 aliphatic carbocycles. The summed E-state index contributed by atoms with van der Waals surface area (Å²) in [4.78, 5) is 8.36. The maximum absolute atomic E-state index is 13.2. The molecule has 1 aromatic carbocycles. The molecule has 0 fully saturated rings. The van der Waals surface area contributed by atoms with Gasteiger partial charge in [-0.25, -0.2) is 14.4 Å². The smallest absolute Gasteiger partial charge is 0.240 e. The summed E-state index contributed by atoms with van der Waals surface area (Å²) in [6.45, 7) is 1.99. The van der Waals surface area contributed by atoms with E-state index in [1.54, 1.807) is 12.1 Å². The van der Waals surface area contributed by atoms with Gasteiger partial charge in [0.15, 0.2) is 0 Å². The van der Waals surface area contributed by atoms with Crippen molar-refractivity contribution in [3.05, 3.63) is 45.8 Å². The third kappa shape index (κ3) is 2.33. The average Bonchev–Trinajstić information content (AvgIpc) is 2.77. The van der Waals surface area contributed by atoms with E-state index in [0.29, 0.717) is 16.1 Å². The first-order valence-corrected chi connectivity index (χ1v) is 7.14. The molecular weight excluding hydrogens is 331 g/mol. The minimum Gasteiger partial charge on any atom is -0.437 e. The van der Waals surface area contributed by atoms with Crippen LogP contribution < -0.4 is 4.74 Å². The first-order chi connectivity index (χ1) is 9.15. The molecular formula is C13H8BrFN2OS. The Labute approximate surface area is 121 Å². The summed E-state index contributed by atoms with van der Waals surface area (Å²) < 4.78 is 20.1. The number of aromatic nitrogens is 2. The normalized spacial score (nSPS) is 10.9. The summed E-state index contributed by atoms with van der Waals surface area (Å²) in [6.07, 6.45) is 1.47. The molecule has 0 N–H and O–H groups in total. The number of thiophene rings is 1. The lowest BCUT2D eigenvalue weighted by molar-refractivity contribution is 0.466. The maximum Gasteiger partial charge on any atom is 0.240 e. The summed E-state index contributed by atoms with van der Waals surface area (Å²) in [6, 6.07) is 4.48. The lowest BCUT2D eigenvalue weighted by Crippen LogP contribution is -1.90. The van der Waals surface area contributed by atoms with E-state index in [2.05, 4.69) is 25.9 Å². The summed E-state index contributed by atoms with van der Waals surface area (Å²) in [5.74, 6) is 0.688. The van der Waals surface area contributed by atoms with Crippen molar-refractivity contribution in [3.8, 4) is 11.6 Å². The van der Waals surface area contributed by atoms with Crippen molar-refractivity contribution >= 4 is 37.5 Å². The molecule has 0 aliphatic heterocycles. The number of fused-ring (bicyclic) bond motifs is 1. The molecule has 3 nitrogen and oxygen atoms in total. The molecule has 0 bridgehead atoms. The fourth-order valence-corrected chi connectivity index (χ4v) is 2.96. The first kappa shape index (κ1) is 12.5. The van der Waals surface area contributed by atoms with Crippen LogP contribution in [0.4, 0.5) is 4.39 Å². The van der Waals surface area contributed by atoms with Crippen LogP contribution in [0.25, 0.3) is 10.2 Å². The lowest BCUT2D eigenvalue weighted by atomic mass is 10.3. The summed E-state index contributed by atoms with van der Waals surface area (Å²) in [7, 11) is 0. The van der Waals surface area contributed by atoms with Crippen LogP contribution in [0.2, 0.25) is 0 Å². The standard InChI is InChI=1S/C13H8BrFN2OS/c1-7-5-19-12-11(7)16-6-17-13(12)18-8-2-3-10(15)9(14)4-8/h2-6H,1H3. The molecule has 0 saturated heterocycles. The molecule has 3 aromatic rings. The molecule has 0 radical (unpaired) electrons. The number of hydrogen-bond acceptors (Lipinski definition) is 4. The van der Waals surface area contributed by atoms with Crippen LogP contribution in [-0.2, 0) is 0 Å². The van der Waals surface area contributed by atoms with Crippen molar-refractivity contribution in [2.75, 3.05) is 0 Å². The minimum atomic E-state index is -0.327. The number of aryl methyl sites for hydroxylation is 1. The number of ether oxygens (including phenoxy) is 1. The molecule has 0 unspecified atom stereocenters. The Morgan fingerprint density at radius 1 is 1.32 bits per heavy atom. The van der Waals surface area contributed by atoms with Crippen molar-refractivity contribution < 1.29 is 9.13 Å². The second-order valence-corrected chi connectivity index (χ2v) is 5.69. The molecule has 3 rings (SSSR count). The zero-order chi connectivity index (χ0) is 13.4. The van der Waals surface area contributed by atoms with E-state index >= 15 is 0 Å². The quantitative estimate of drug-likeness (QED) is 0.679. The third-order valence-corrected chi connectivity index (χ3v) is 4.29. The molecule has 96 valence electrons. The van der Waals surface area contributed by atoms with Crippen molar-refractivity contribution in [2.45, 2.75) is 6.92 Å². The minimum absolute atomic E-state index is 0.327. The largest absolute Gasteiger partial charge is 0.437 e. The van der Waals surface area contributed by atoms with Gasteiger partial charge in [-0.05, 0) is 52.0 Å². The van der Waals surface area contributed by atoms with Gasteiger partial charge in [0, 0.05) is 0 Å². The number of rotatable bonds is 2. The monoisotopic (exact) mass is 338 g/mol. The van der Waals surface area contributed by atoms with Crippen molar-refractivity contribution in [1.82, 2.24) is 9.97 Å². The topological polar surface area (TPSA) is 35.0 Å². The Morgan fingerprint density at radius 2 is 2.16 bits per heavy atom. The molecule has 0 spiro atoms. The summed E-state index contributed by atoms with van der Waals surface area (Å²) >= 11 is 4.66. The number of hydrogen-bond donors (Lipinski definition) is 0. The van der Waals surface area contributed by atoms with Crippen LogP contribution >= 0.6 is 27.3 Å². The van der Waals surface area contributed by atoms with Gasteiger partial charge in [0.05, 0.1) is 9.99 Å². The van der Waals surface area contributed by atoms with Gasteiger partial charge >= 0.3 is 0 Å². The van der Waals surface area contributed by atoms with Gasteiger partial charge in [-0.2, -0.15) is 0 Å². The van der Waals surface area contributed by atoms with E-state index in [4.69, 9.17) is 4.74 Å². The van der Waals surface area contributed by atoms with Gasteiger partial charge < -0.3 is 4.74 Å². The Bertz CT molecular complexity index is 759. The molecule has 6 heteroatoms. The molecule has 0 amide bonds. The lowest BCUT2D eigenvalue weighted by Gasteiger charge is -2.06. The zero-order valence-electron chi connectivity index (χ0n) is 9.85. The highest BCUT2D eigenvalue weighted by molar-refractivity contribution is 9.10. The summed E-state index contributed by atoms with van der Waals surface area (Å²) in [5, 5.41) is 2.01. The molecule has 0 saturated carbocycles. The first-order valence-electron chi connectivity index (χ1n) is 5.47. The zero-order valence-corrected chi connectivity index (χ0v) is 12.3. The van der Waals surface area contributed by atoms with Crippen LogP contribution in [0.1, 0.15) is 5.56 Å². The molecule has 2 aromatic heterocycles. The molecule has 2 heterocycles.